The van der Waals surface area contributed by atoms with Crippen molar-refractivity contribution >= 4 is 16.7 Å². The molecule has 0 fully saturated rings. The van der Waals surface area contributed by atoms with Crippen LogP contribution in [0.4, 0.5) is 18.3 Å². The topological polar surface area (TPSA) is 58.0 Å². The van der Waals surface area contributed by atoms with Gasteiger partial charge in [0.15, 0.2) is 6.10 Å². The van der Waals surface area contributed by atoms with Crippen LogP contribution in [0.5, 0.6) is 0 Å². The third-order valence-electron chi connectivity index (χ3n) is 1.19. The molecule has 0 radical (unpaired) electrons. The van der Waals surface area contributed by atoms with E-state index in [4.69, 9.17) is 5.11 Å². The van der Waals surface area contributed by atoms with Crippen molar-refractivity contribution in [2.75, 3.05) is 11.9 Å². The summed E-state index contributed by atoms with van der Waals surface area (Å²) < 4.78 is 38.8. The number of nitrogens with zero attached hydrogens (tertiary/aromatic N) is 2. The minimum Gasteiger partial charge on any atom is -0.382 e. The quantitative estimate of drug-likeness (QED) is 0.782. The Morgan fingerprint density at radius 2 is 2.31 bits per heavy atom. The largest absolute Gasteiger partial charge is 0.416 e. The predicted octanol–water partition coefficient (Wildman–Crippen LogP) is 0.873. The van der Waals surface area contributed by atoms with Crippen molar-refractivity contribution in [3.8, 4) is 0 Å². The van der Waals surface area contributed by atoms with Crippen LogP contribution in [-0.2, 0) is 0 Å². The van der Waals surface area contributed by atoms with Gasteiger partial charge in [0.25, 0.3) is 0 Å². The van der Waals surface area contributed by atoms with Gasteiger partial charge in [0.2, 0.25) is 5.13 Å². The maximum absolute atomic E-state index is 11.8. The van der Waals surface area contributed by atoms with Gasteiger partial charge in [-0.3, -0.25) is 0 Å². The number of aromatic nitrogens is 2. The van der Waals surface area contributed by atoms with Gasteiger partial charge in [0.05, 0.1) is 6.54 Å². The Hall–Kier alpha value is -0.890. The van der Waals surface area contributed by atoms with Crippen LogP contribution < -0.4 is 5.32 Å². The summed E-state index contributed by atoms with van der Waals surface area (Å²) in [4.78, 5) is 3.59. The van der Waals surface area contributed by atoms with E-state index in [-0.39, 0.29) is 5.13 Å². The highest BCUT2D eigenvalue weighted by Gasteiger charge is 2.37. The smallest absolute Gasteiger partial charge is 0.382 e. The molecule has 0 aliphatic carbocycles. The van der Waals surface area contributed by atoms with Crippen LogP contribution in [0, 0.1) is 0 Å². The van der Waals surface area contributed by atoms with E-state index in [2.05, 4.69) is 14.7 Å². The van der Waals surface area contributed by atoms with E-state index in [0.717, 1.165) is 11.5 Å². The normalized spacial score (nSPS) is 14.2. The van der Waals surface area contributed by atoms with Crippen LogP contribution in [0.2, 0.25) is 0 Å². The lowest BCUT2D eigenvalue weighted by Gasteiger charge is -2.13. The standard InChI is InChI=1S/C5H6F3N3OS/c6-5(7,8)3(12)1-9-4-10-2-11-13-4/h2-3,12H,1H2,(H,9,10,11)/t3-/m0/s1. The Kier molecular flexibility index (Phi) is 3.04. The molecule has 0 spiro atoms. The van der Waals surface area contributed by atoms with E-state index < -0.39 is 18.8 Å². The summed E-state index contributed by atoms with van der Waals surface area (Å²) in [6.45, 7) is -0.612. The van der Waals surface area contributed by atoms with Gasteiger partial charge in [-0.15, -0.1) is 0 Å². The van der Waals surface area contributed by atoms with Crippen LogP contribution in [0.25, 0.3) is 0 Å². The third-order valence-corrected chi connectivity index (χ3v) is 1.81. The molecule has 1 aromatic heterocycles. The maximum atomic E-state index is 11.8. The van der Waals surface area contributed by atoms with Crippen LogP contribution in [0.3, 0.4) is 0 Å². The molecule has 13 heavy (non-hydrogen) atoms. The van der Waals surface area contributed by atoms with Gasteiger partial charge in [-0.2, -0.15) is 17.5 Å². The molecule has 0 aliphatic heterocycles. The average Bonchev–Trinajstić information content (AvgIpc) is 2.50. The summed E-state index contributed by atoms with van der Waals surface area (Å²) in [5.74, 6) is 0. The molecule has 1 rings (SSSR count). The van der Waals surface area contributed by atoms with E-state index in [0.29, 0.717) is 0 Å². The first-order chi connectivity index (χ1) is 6.00. The van der Waals surface area contributed by atoms with Crippen LogP contribution >= 0.6 is 11.5 Å². The van der Waals surface area contributed by atoms with E-state index in [1.807, 2.05) is 0 Å². The monoisotopic (exact) mass is 213 g/mol. The molecule has 0 bridgehead atoms. The molecular formula is C5H6F3N3OS. The molecule has 74 valence electrons. The summed E-state index contributed by atoms with van der Waals surface area (Å²) in [6, 6.07) is 0. The zero-order chi connectivity index (χ0) is 9.90. The molecule has 0 saturated heterocycles. The Labute approximate surface area is 75.6 Å². The lowest BCUT2D eigenvalue weighted by molar-refractivity contribution is -0.198. The van der Waals surface area contributed by atoms with Crippen molar-refractivity contribution in [2.45, 2.75) is 12.3 Å². The van der Waals surface area contributed by atoms with Crippen LogP contribution in [0.15, 0.2) is 6.33 Å². The Balaban J connectivity index is 2.35. The molecule has 0 amide bonds. The first-order valence-corrected chi connectivity index (χ1v) is 4.03. The molecule has 1 heterocycles. The van der Waals surface area contributed by atoms with Gasteiger partial charge in [-0.25, -0.2) is 4.98 Å². The molecule has 4 nitrogen and oxygen atoms in total. The fourth-order valence-corrected chi connectivity index (χ4v) is 0.987. The Morgan fingerprint density at radius 1 is 1.62 bits per heavy atom. The van der Waals surface area contributed by atoms with Gasteiger partial charge < -0.3 is 10.4 Å². The molecule has 0 aromatic carbocycles. The number of aliphatic hydroxyl groups excluding tert-OH is 1. The highest BCUT2D eigenvalue weighted by Crippen LogP contribution is 2.20. The SMILES string of the molecule is O[C@@H](CNc1ncns1)C(F)(F)F. The summed E-state index contributed by atoms with van der Waals surface area (Å²) >= 11 is 0.925. The number of rotatable bonds is 3. The van der Waals surface area contributed by atoms with Crippen molar-refractivity contribution in [1.82, 2.24) is 9.36 Å². The van der Waals surface area contributed by atoms with Crippen molar-refractivity contribution in [2.24, 2.45) is 0 Å². The maximum Gasteiger partial charge on any atom is 0.416 e. The molecule has 8 heteroatoms. The van der Waals surface area contributed by atoms with Crippen LogP contribution in [0.1, 0.15) is 0 Å². The number of nitrogens with one attached hydrogen (secondary N) is 1. The average molecular weight is 213 g/mol. The van der Waals surface area contributed by atoms with Crippen molar-refractivity contribution < 1.29 is 18.3 Å². The summed E-state index contributed by atoms with van der Waals surface area (Å²) in [5, 5.41) is 11.1. The summed E-state index contributed by atoms with van der Waals surface area (Å²) in [5.41, 5.74) is 0. The highest BCUT2D eigenvalue weighted by atomic mass is 32.1. The minimum atomic E-state index is -4.60. The van der Waals surface area contributed by atoms with E-state index in [1.165, 1.54) is 6.33 Å². The molecule has 1 aromatic rings. The first-order valence-electron chi connectivity index (χ1n) is 3.25. The Morgan fingerprint density at radius 3 is 2.77 bits per heavy atom. The fourth-order valence-electron chi connectivity index (χ4n) is 0.551. The second-order valence-electron chi connectivity index (χ2n) is 2.18. The van der Waals surface area contributed by atoms with Crippen molar-refractivity contribution in [1.29, 1.82) is 0 Å². The van der Waals surface area contributed by atoms with Gasteiger partial charge >= 0.3 is 6.18 Å². The number of hydrogen-bond donors (Lipinski definition) is 2. The molecule has 1 atom stereocenters. The van der Waals surface area contributed by atoms with E-state index in [9.17, 15) is 13.2 Å². The van der Waals surface area contributed by atoms with Crippen molar-refractivity contribution in [3.05, 3.63) is 6.33 Å². The van der Waals surface area contributed by atoms with E-state index >= 15 is 0 Å². The highest BCUT2D eigenvalue weighted by molar-refractivity contribution is 7.09. The minimum absolute atomic E-state index is 0.253. The Bertz CT molecular complexity index is 250. The second kappa shape index (κ2) is 3.88. The molecule has 0 unspecified atom stereocenters. The summed E-state index contributed by atoms with van der Waals surface area (Å²) in [7, 11) is 0. The van der Waals surface area contributed by atoms with E-state index in [1.54, 1.807) is 0 Å². The lowest BCUT2D eigenvalue weighted by Crippen LogP contribution is -2.34. The summed E-state index contributed by atoms with van der Waals surface area (Å²) in [6.07, 6.45) is -5.76. The fraction of sp³-hybridized carbons (Fsp3) is 0.600. The van der Waals surface area contributed by atoms with Gasteiger partial charge in [0.1, 0.15) is 6.33 Å². The van der Waals surface area contributed by atoms with Crippen LogP contribution in [-0.4, -0.2) is 33.3 Å². The number of hydrogen-bond acceptors (Lipinski definition) is 5. The van der Waals surface area contributed by atoms with Gasteiger partial charge in [-0.05, 0) is 0 Å². The van der Waals surface area contributed by atoms with Gasteiger partial charge in [0, 0.05) is 11.5 Å². The number of alkyl halides is 3. The zero-order valence-corrected chi connectivity index (χ0v) is 7.06. The molecular weight excluding hydrogens is 207 g/mol. The predicted molar refractivity (Wildman–Crippen MR) is 40.5 cm³/mol. The zero-order valence-electron chi connectivity index (χ0n) is 6.25. The number of anilines is 1. The molecule has 0 saturated carbocycles. The lowest BCUT2D eigenvalue weighted by atomic mass is 10.3. The first kappa shape index (κ1) is 10.2. The third kappa shape index (κ3) is 3.15. The van der Waals surface area contributed by atoms with Crippen molar-refractivity contribution in [3.63, 3.8) is 0 Å². The van der Waals surface area contributed by atoms with Gasteiger partial charge in [-0.1, -0.05) is 0 Å². The second-order valence-corrected chi connectivity index (χ2v) is 2.96. The number of halogens is 3. The molecule has 0 aliphatic rings. The molecule has 2 N–H and O–H groups in total. The number of aliphatic hydroxyl groups is 1.